The van der Waals surface area contributed by atoms with Crippen molar-refractivity contribution in [2.45, 2.75) is 19.0 Å². The Hall–Kier alpha value is -1.76. The number of rotatable bonds is 5. The van der Waals surface area contributed by atoms with E-state index >= 15 is 0 Å². The lowest BCUT2D eigenvalue weighted by atomic mass is 10.1. The Balaban J connectivity index is 2.80. The number of hydrogen-bond acceptors (Lipinski definition) is 2. The number of benzene rings is 1. The molecule has 0 fully saturated rings. The largest absolute Gasteiger partial charge is 0.481 e. The van der Waals surface area contributed by atoms with Gasteiger partial charge in [0.25, 0.3) is 5.91 Å². The summed E-state index contributed by atoms with van der Waals surface area (Å²) in [7, 11) is 0. The van der Waals surface area contributed by atoms with Gasteiger partial charge in [0.05, 0.1) is 11.1 Å². The van der Waals surface area contributed by atoms with Crippen LogP contribution < -0.4 is 5.32 Å². The zero-order chi connectivity index (χ0) is 15.3. The third-order valence-electron chi connectivity index (χ3n) is 2.38. The van der Waals surface area contributed by atoms with Crippen LogP contribution in [0.1, 0.15) is 28.8 Å². The summed E-state index contributed by atoms with van der Waals surface area (Å²) in [6, 6.07) is 2.84. The Morgan fingerprint density at radius 3 is 2.50 bits per heavy atom. The van der Waals surface area contributed by atoms with Crippen molar-refractivity contribution in [1.82, 2.24) is 5.32 Å². The summed E-state index contributed by atoms with van der Waals surface area (Å²) in [6.07, 6.45) is -4.73. The van der Waals surface area contributed by atoms with Gasteiger partial charge in [-0.2, -0.15) is 13.2 Å². The molecule has 0 radical (unpaired) electrons. The number of alkyl halides is 3. The topological polar surface area (TPSA) is 66.4 Å². The van der Waals surface area contributed by atoms with Crippen LogP contribution in [0.5, 0.6) is 0 Å². The zero-order valence-electron chi connectivity index (χ0n) is 10.1. The fourth-order valence-corrected chi connectivity index (χ4v) is 1.66. The Kier molecular flexibility index (Phi) is 5.38. The number of halogens is 4. The van der Waals surface area contributed by atoms with Gasteiger partial charge in [-0.3, -0.25) is 9.59 Å². The van der Waals surface area contributed by atoms with Crippen molar-refractivity contribution < 1.29 is 27.9 Å². The molecule has 0 heterocycles. The predicted molar refractivity (Wildman–Crippen MR) is 65.7 cm³/mol. The monoisotopic (exact) mass is 309 g/mol. The second-order valence-corrected chi connectivity index (χ2v) is 4.38. The maximum atomic E-state index is 12.8. The minimum Gasteiger partial charge on any atom is -0.481 e. The average Bonchev–Trinajstić information content (AvgIpc) is 2.33. The van der Waals surface area contributed by atoms with Gasteiger partial charge in [0, 0.05) is 18.0 Å². The number of carbonyl (C=O) groups is 2. The van der Waals surface area contributed by atoms with E-state index in [1.807, 2.05) is 0 Å². The van der Waals surface area contributed by atoms with Crippen LogP contribution in [-0.2, 0) is 11.0 Å². The van der Waals surface area contributed by atoms with Crippen LogP contribution in [-0.4, -0.2) is 23.5 Å². The van der Waals surface area contributed by atoms with E-state index in [2.05, 4.69) is 5.32 Å². The van der Waals surface area contributed by atoms with Gasteiger partial charge >= 0.3 is 12.1 Å². The number of aliphatic carboxylic acids is 1. The van der Waals surface area contributed by atoms with Crippen molar-refractivity contribution in [2.24, 2.45) is 0 Å². The minimum absolute atomic E-state index is 0.0228. The molecule has 4 nitrogen and oxygen atoms in total. The quantitative estimate of drug-likeness (QED) is 0.822. The van der Waals surface area contributed by atoms with E-state index in [0.717, 1.165) is 6.07 Å². The van der Waals surface area contributed by atoms with Crippen molar-refractivity contribution >= 4 is 23.5 Å². The second-order valence-electron chi connectivity index (χ2n) is 3.94. The van der Waals surface area contributed by atoms with Gasteiger partial charge in [-0.1, -0.05) is 11.6 Å². The van der Waals surface area contributed by atoms with Gasteiger partial charge < -0.3 is 10.4 Å². The van der Waals surface area contributed by atoms with Crippen LogP contribution in [0.2, 0.25) is 5.02 Å². The third-order valence-corrected chi connectivity index (χ3v) is 2.62. The molecule has 0 aliphatic rings. The summed E-state index contributed by atoms with van der Waals surface area (Å²) in [5.74, 6) is -1.96. The van der Waals surface area contributed by atoms with Crippen LogP contribution in [0.25, 0.3) is 0 Å². The van der Waals surface area contributed by atoms with Crippen LogP contribution in [0.3, 0.4) is 0 Å². The first-order valence-corrected chi connectivity index (χ1v) is 5.96. The highest BCUT2D eigenvalue weighted by molar-refractivity contribution is 6.30. The van der Waals surface area contributed by atoms with E-state index in [4.69, 9.17) is 16.7 Å². The van der Waals surface area contributed by atoms with E-state index in [-0.39, 0.29) is 24.4 Å². The fourth-order valence-electron chi connectivity index (χ4n) is 1.49. The van der Waals surface area contributed by atoms with Crippen molar-refractivity contribution in [2.75, 3.05) is 6.54 Å². The third kappa shape index (κ3) is 4.73. The molecule has 20 heavy (non-hydrogen) atoms. The molecular formula is C12H11ClF3NO3. The second kappa shape index (κ2) is 6.60. The molecule has 110 valence electrons. The Morgan fingerprint density at radius 1 is 1.30 bits per heavy atom. The van der Waals surface area contributed by atoms with Crippen LogP contribution >= 0.6 is 11.6 Å². The van der Waals surface area contributed by atoms with Crippen LogP contribution in [0, 0.1) is 0 Å². The summed E-state index contributed by atoms with van der Waals surface area (Å²) in [5.41, 5.74) is -1.67. The zero-order valence-corrected chi connectivity index (χ0v) is 10.9. The molecule has 0 spiro atoms. The van der Waals surface area contributed by atoms with Crippen molar-refractivity contribution in [3.8, 4) is 0 Å². The van der Waals surface area contributed by atoms with Gasteiger partial charge in [0.15, 0.2) is 0 Å². The molecule has 0 saturated carbocycles. The molecule has 0 aromatic heterocycles. The molecule has 0 atom stereocenters. The summed E-state index contributed by atoms with van der Waals surface area (Å²) in [5, 5.41) is 10.5. The molecule has 0 saturated heterocycles. The molecule has 1 amide bonds. The maximum absolute atomic E-state index is 12.8. The lowest BCUT2D eigenvalue weighted by Gasteiger charge is -2.13. The Labute approximate surface area is 117 Å². The Morgan fingerprint density at radius 2 is 1.95 bits per heavy atom. The first-order valence-electron chi connectivity index (χ1n) is 5.58. The molecular weight excluding hydrogens is 299 g/mol. The highest BCUT2D eigenvalue weighted by atomic mass is 35.5. The molecule has 8 heteroatoms. The van der Waals surface area contributed by atoms with Gasteiger partial charge in [0.1, 0.15) is 0 Å². The fraction of sp³-hybridized carbons (Fsp3) is 0.333. The Bertz CT molecular complexity index is 517. The smallest absolute Gasteiger partial charge is 0.417 e. The van der Waals surface area contributed by atoms with Gasteiger partial charge in [0.2, 0.25) is 0 Å². The standard InChI is InChI=1S/C12H11ClF3NO3/c13-7-3-4-8(9(6-7)12(14,15)16)11(20)17-5-1-2-10(18)19/h3-4,6H,1-2,5H2,(H,17,20)(H,18,19). The number of amides is 1. The maximum Gasteiger partial charge on any atom is 0.417 e. The molecule has 1 rings (SSSR count). The summed E-state index contributed by atoms with van der Waals surface area (Å²) >= 11 is 5.49. The molecule has 0 unspecified atom stereocenters. The molecule has 0 bridgehead atoms. The van der Waals surface area contributed by atoms with Gasteiger partial charge in [-0.25, -0.2) is 0 Å². The summed E-state index contributed by atoms with van der Waals surface area (Å²) < 4.78 is 38.3. The molecule has 0 aliphatic carbocycles. The number of carboxylic acids is 1. The van der Waals surface area contributed by atoms with E-state index in [9.17, 15) is 22.8 Å². The first-order chi connectivity index (χ1) is 9.21. The number of carbonyl (C=O) groups excluding carboxylic acids is 1. The molecule has 0 aliphatic heterocycles. The van der Waals surface area contributed by atoms with E-state index in [0.29, 0.717) is 6.07 Å². The highest BCUT2D eigenvalue weighted by Gasteiger charge is 2.35. The lowest BCUT2D eigenvalue weighted by molar-refractivity contribution is -0.138. The molecule has 1 aromatic rings. The van der Waals surface area contributed by atoms with Crippen LogP contribution in [0.15, 0.2) is 18.2 Å². The van der Waals surface area contributed by atoms with Crippen molar-refractivity contribution in [3.05, 3.63) is 34.3 Å². The van der Waals surface area contributed by atoms with Crippen LogP contribution in [0.4, 0.5) is 13.2 Å². The SMILES string of the molecule is O=C(O)CCCNC(=O)c1ccc(Cl)cc1C(F)(F)F. The first kappa shape index (κ1) is 16.3. The highest BCUT2D eigenvalue weighted by Crippen LogP contribution is 2.33. The van der Waals surface area contributed by atoms with Crippen molar-refractivity contribution in [3.63, 3.8) is 0 Å². The molecule has 2 N–H and O–H groups in total. The van der Waals surface area contributed by atoms with E-state index < -0.39 is 29.2 Å². The number of hydrogen-bond donors (Lipinski definition) is 2. The number of carboxylic acid groups (broad SMARTS) is 1. The summed E-state index contributed by atoms with van der Waals surface area (Å²) in [4.78, 5) is 21.9. The summed E-state index contributed by atoms with van der Waals surface area (Å²) in [6.45, 7) is -0.0228. The number of nitrogens with one attached hydrogen (secondary N) is 1. The normalized spacial score (nSPS) is 11.2. The van der Waals surface area contributed by atoms with Crippen molar-refractivity contribution in [1.29, 1.82) is 0 Å². The molecule has 1 aromatic carbocycles. The average molecular weight is 310 g/mol. The van der Waals surface area contributed by atoms with Gasteiger partial charge in [-0.05, 0) is 24.6 Å². The lowest BCUT2D eigenvalue weighted by Crippen LogP contribution is -2.27. The van der Waals surface area contributed by atoms with E-state index in [1.54, 1.807) is 0 Å². The van der Waals surface area contributed by atoms with E-state index in [1.165, 1.54) is 6.07 Å². The minimum atomic E-state index is -4.70. The predicted octanol–water partition coefficient (Wildman–Crippen LogP) is 2.95. The van der Waals surface area contributed by atoms with Gasteiger partial charge in [-0.15, -0.1) is 0 Å².